The van der Waals surface area contributed by atoms with E-state index in [2.05, 4.69) is 5.32 Å². The zero-order valence-electron chi connectivity index (χ0n) is 12.8. The first-order valence-corrected chi connectivity index (χ1v) is 7.59. The number of hydrogen-bond donors (Lipinski definition) is 1. The molecule has 0 aliphatic heterocycles. The Morgan fingerprint density at radius 1 is 1.05 bits per heavy atom. The van der Waals surface area contributed by atoms with Crippen molar-refractivity contribution in [2.45, 2.75) is 25.7 Å². The van der Waals surface area contributed by atoms with Gasteiger partial charge in [-0.25, -0.2) is 0 Å². The summed E-state index contributed by atoms with van der Waals surface area (Å²) in [6.07, 6.45) is 1.68. The summed E-state index contributed by atoms with van der Waals surface area (Å²) in [5.41, 5.74) is 4.65. The summed E-state index contributed by atoms with van der Waals surface area (Å²) >= 11 is 0. The number of carbonyl (C=O) groups excluding carboxylic acids is 2. The molecule has 2 aromatic carbocycles. The number of benzene rings is 2. The number of fused-ring (bicyclic) bond motifs is 2. The van der Waals surface area contributed by atoms with E-state index in [1.807, 2.05) is 49.4 Å². The minimum Gasteiger partial charge on any atom is -0.359 e. The lowest BCUT2D eigenvalue weighted by Crippen LogP contribution is -2.24. The molecule has 22 heavy (non-hydrogen) atoms. The molecule has 1 N–H and O–H groups in total. The van der Waals surface area contributed by atoms with Crippen molar-refractivity contribution in [3.8, 4) is 0 Å². The van der Waals surface area contributed by atoms with Gasteiger partial charge in [-0.15, -0.1) is 0 Å². The van der Waals surface area contributed by atoms with Crippen LogP contribution in [0.25, 0.3) is 0 Å². The molecule has 1 aliphatic carbocycles. The molecule has 3 nitrogen and oxygen atoms in total. The van der Waals surface area contributed by atoms with Gasteiger partial charge in [0, 0.05) is 18.2 Å². The van der Waals surface area contributed by atoms with Gasteiger partial charge in [0.2, 0.25) is 5.91 Å². The van der Waals surface area contributed by atoms with Crippen molar-refractivity contribution >= 4 is 11.7 Å². The SMILES string of the molecule is CNC(=O)C(C)c1ccc2c(c1)CCc1ccccc1C2=O. The van der Waals surface area contributed by atoms with E-state index in [4.69, 9.17) is 0 Å². The standard InChI is InChI=1S/C19H19NO2/c1-12(19(22)20-2)14-9-10-17-15(11-14)8-7-13-5-3-4-6-16(13)18(17)21/h3-6,9-12H,7-8H2,1-2H3,(H,20,22). The molecule has 0 spiro atoms. The van der Waals surface area contributed by atoms with Gasteiger partial charge in [0.15, 0.2) is 5.78 Å². The van der Waals surface area contributed by atoms with Crippen LogP contribution in [0.5, 0.6) is 0 Å². The van der Waals surface area contributed by atoms with E-state index < -0.39 is 0 Å². The van der Waals surface area contributed by atoms with E-state index in [-0.39, 0.29) is 17.6 Å². The summed E-state index contributed by atoms with van der Waals surface area (Å²) in [7, 11) is 1.64. The molecule has 0 radical (unpaired) electrons. The Kier molecular flexibility index (Phi) is 3.80. The largest absolute Gasteiger partial charge is 0.359 e. The first-order chi connectivity index (χ1) is 10.6. The highest BCUT2D eigenvalue weighted by Crippen LogP contribution is 2.27. The summed E-state index contributed by atoms with van der Waals surface area (Å²) in [6, 6.07) is 13.6. The van der Waals surface area contributed by atoms with E-state index in [9.17, 15) is 9.59 Å². The number of amides is 1. The highest BCUT2D eigenvalue weighted by atomic mass is 16.1. The predicted octanol–water partition coefficient (Wildman–Crippen LogP) is 2.87. The summed E-state index contributed by atoms with van der Waals surface area (Å²) in [5.74, 6) is -0.138. The maximum Gasteiger partial charge on any atom is 0.227 e. The second kappa shape index (κ2) is 5.76. The average molecular weight is 293 g/mol. The van der Waals surface area contributed by atoms with Crippen molar-refractivity contribution in [1.82, 2.24) is 5.32 Å². The molecule has 3 rings (SSSR count). The number of carbonyl (C=O) groups is 2. The molecule has 2 aromatic rings. The average Bonchev–Trinajstić information content (AvgIpc) is 2.71. The maximum atomic E-state index is 12.7. The van der Waals surface area contributed by atoms with Crippen molar-refractivity contribution < 1.29 is 9.59 Å². The number of ketones is 1. The third-order valence-electron chi connectivity index (χ3n) is 4.44. The molecule has 1 amide bonds. The molecule has 0 bridgehead atoms. The van der Waals surface area contributed by atoms with Crippen LogP contribution < -0.4 is 5.32 Å². The fourth-order valence-electron chi connectivity index (χ4n) is 3.05. The Morgan fingerprint density at radius 2 is 1.73 bits per heavy atom. The molecule has 1 unspecified atom stereocenters. The van der Waals surface area contributed by atoms with Crippen LogP contribution in [0.4, 0.5) is 0 Å². The number of aryl methyl sites for hydroxylation is 2. The van der Waals surface area contributed by atoms with Gasteiger partial charge < -0.3 is 5.32 Å². The van der Waals surface area contributed by atoms with Gasteiger partial charge in [-0.2, -0.15) is 0 Å². The smallest absolute Gasteiger partial charge is 0.227 e. The van der Waals surface area contributed by atoms with E-state index in [1.165, 1.54) is 0 Å². The van der Waals surface area contributed by atoms with Crippen molar-refractivity contribution in [2.24, 2.45) is 0 Å². The van der Waals surface area contributed by atoms with Crippen LogP contribution in [0, 0.1) is 0 Å². The van der Waals surface area contributed by atoms with Crippen molar-refractivity contribution in [2.75, 3.05) is 7.05 Å². The van der Waals surface area contributed by atoms with Gasteiger partial charge in [-0.05, 0) is 36.5 Å². The molecular weight excluding hydrogens is 274 g/mol. The van der Waals surface area contributed by atoms with Crippen LogP contribution in [-0.2, 0) is 17.6 Å². The van der Waals surface area contributed by atoms with E-state index in [0.29, 0.717) is 0 Å². The van der Waals surface area contributed by atoms with Gasteiger partial charge >= 0.3 is 0 Å². The number of nitrogens with one attached hydrogen (secondary N) is 1. The van der Waals surface area contributed by atoms with Gasteiger partial charge in [-0.3, -0.25) is 9.59 Å². The van der Waals surface area contributed by atoms with Crippen molar-refractivity contribution in [3.63, 3.8) is 0 Å². The topological polar surface area (TPSA) is 46.2 Å². The van der Waals surface area contributed by atoms with E-state index in [1.54, 1.807) is 7.05 Å². The highest BCUT2D eigenvalue weighted by molar-refractivity contribution is 6.11. The fourth-order valence-corrected chi connectivity index (χ4v) is 3.05. The van der Waals surface area contributed by atoms with E-state index >= 15 is 0 Å². The zero-order valence-corrected chi connectivity index (χ0v) is 12.8. The lowest BCUT2D eigenvalue weighted by Gasteiger charge is -2.13. The van der Waals surface area contributed by atoms with Crippen LogP contribution in [0.1, 0.15) is 45.5 Å². The summed E-state index contributed by atoms with van der Waals surface area (Å²) in [6.45, 7) is 1.88. The highest BCUT2D eigenvalue weighted by Gasteiger charge is 2.22. The van der Waals surface area contributed by atoms with Gasteiger partial charge in [0.1, 0.15) is 0 Å². The first kappa shape index (κ1) is 14.5. The van der Waals surface area contributed by atoms with Crippen LogP contribution in [0.3, 0.4) is 0 Å². The molecular formula is C19H19NO2. The quantitative estimate of drug-likeness (QED) is 0.925. The Hall–Kier alpha value is -2.42. The Bertz CT molecular complexity index is 749. The molecule has 0 saturated heterocycles. The normalized spacial score (nSPS) is 14.5. The van der Waals surface area contributed by atoms with Crippen molar-refractivity contribution in [1.29, 1.82) is 0 Å². The maximum absolute atomic E-state index is 12.7. The predicted molar refractivity (Wildman–Crippen MR) is 86.2 cm³/mol. The molecule has 1 atom stereocenters. The summed E-state index contributed by atoms with van der Waals surface area (Å²) in [5, 5.41) is 2.67. The Morgan fingerprint density at radius 3 is 2.50 bits per heavy atom. The molecule has 0 saturated carbocycles. The molecule has 0 fully saturated rings. The lowest BCUT2D eigenvalue weighted by atomic mass is 9.92. The molecule has 1 aliphatic rings. The third kappa shape index (κ3) is 2.43. The molecule has 112 valence electrons. The molecule has 0 aromatic heterocycles. The number of likely N-dealkylation sites (N-methyl/N-ethyl adjacent to an activating group) is 1. The van der Waals surface area contributed by atoms with Gasteiger partial charge in [-0.1, -0.05) is 42.5 Å². The zero-order chi connectivity index (χ0) is 15.7. The molecule has 3 heteroatoms. The van der Waals surface area contributed by atoms with Crippen molar-refractivity contribution in [3.05, 3.63) is 70.3 Å². The number of rotatable bonds is 2. The van der Waals surface area contributed by atoms with Crippen LogP contribution in [-0.4, -0.2) is 18.7 Å². The fraction of sp³-hybridized carbons (Fsp3) is 0.263. The monoisotopic (exact) mass is 293 g/mol. The van der Waals surface area contributed by atoms with E-state index in [0.717, 1.165) is 40.7 Å². The molecule has 0 heterocycles. The minimum absolute atomic E-state index is 0.0109. The summed E-state index contributed by atoms with van der Waals surface area (Å²) in [4.78, 5) is 24.5. The second-order valence-electron chi connectivity index (χ2n) is 5.74. The van der Waals surface area contributed by atoms with Crippen LogP contribution in [0.2, 0.25) is 0 Å². The second-order valence-corrected chi connectivity index (χ2v) is 5.74. The van der Waals surface area contributed by atoms with Gasteiger partial charge in [0.05, 0.1) is 5.92 Å². The Labute approximate surface area is 130 Å². The van der Waals surface area contributed by atoms with Gasteiger partial charge in [0.25, 0.3) is 0 Å². The Balaban J connectivity index is 2.02. The number of hydrogen-bond acceptors (Lipinski definition) is 2. The lowest BCUT2D eigenvalue weighted by molar-refractivity contribution is -0.121. The minimum atomic E-state index is -0.212. The van der Waals surface area contributed by atoms with Crippen LogP contribution in [0.15, 0.2) is 42.5 Å². The first-order valence-electron chi connectivity index (χ1n) is 7.59. The van der Waals surface area contributed by atoms with Crippen LogP contribution >= 0.6 is 0 Å². The third-order valence-corrected chi connectivity index (χ3v) is 4.44. The summed E-state index contributed by atoms with van der Waals surface area (Å²) < 4.78 is 0.